The van der Waals surface area contributed by atoms with Crippen LogP contribution in [0.1, 0.15) is 24.9 Å². The SMILES string of the molecule is CCC(C(=O)Nc1cnn(Cc2cccc3ccccc23)c1)n1cc(Cl)cn1. The Kier molecular flexibility index (Phi) is 5.12. The average molecular weight is 394 g/mol. The summed E-state index contributed by atoms with van der Waals surface area (Å²) >= 11 is 5.92. The molecule has 0 bridgehead atoms. The molecule has 4 aromatic rings. The van der Waals surface area contributed by atoms with Crippen molar-refractivity contribution in [3.63, 3.8) is 0 Å². The smallest absolute Gasteiger partial charge is 0.249 e. The number of hydrogen-bond donors (Lipinski definition) is 1. The second-order valence-corrected chi connectivity index (χ2v) is 7.05. The molecule has 1 N–H and O–H groups in total. The van der Waals surface area contributed by atoms with E-state index in [1.54, 1.807) is 17.1 Å². The van der Waals surface area contributed by atoms with Crippen LogP contribution in [0.2, 0.25) is 5.02 Å². The fraction of sp³-hybridized carbons (Fsp3) is 0.190. The van der Waals surface area contributed by atoms with Crippen LogP contribution in [0.4, 0.5) is 5.69 Å². The molecule has 0 fully saturated rings. The Labute approximate surface area is 167 Å². The molecular weight excluding hydrogens is 374 g/mol. The van der Waals surface area contributed by atoms with Gasteiger partial charge in [0.1, 0.15) is 6.04 Å². The fourth-order valence-electron chi connectivity index (χ4n) is 3.32. The number of benzene rings is 2. The lowest BCUT2D eigenvalue weighted by molar-refractivity contribution is -0.119. The molecule has 0 spiro atoms. The highest BCUT2D eigenvalue weighted by molar-refractivity contribution is 6.30. The number of amides is 1. The number of anilines is 1. The maximum Gasteiger partial charge on any atom is 0.249 e. The fourth-order valence-corrected chi connectivity index (χ4v) is 3.47. The van der Waals surface area contributed by atoms with Gasteiger partial charge in [-0.1, -0.05) is 61.0 Å². The van der Waals surface area contributed by atoms with Crippen LogP contribution < -0.4 is 5.32 Å². The molecule has 2 heterocycles. The lowest BCUT2D eigenvalue weighted by Crippen LogP contribution is -2.25. The largest absolute Gasteiger partial charge is 0.322 e. The zero-order valence-electron chi connectivity index (χ0n) is 15.4. The number of nitrogens with zero attached hydrogens (tertiary/aromatic N) is 4. The van der Waals surface area contributed by atoms with E-state index in [4.69, 9.17) is 11.6 Å². The van der Waals surface area contributed by atoms with Gasteiger partial charge in [-0.15, -0.1) is 0 Å². The number of fused-ring (bicyclic) bond motifs is 1. The molecule has 0 radical (unpaired) electrons. The first-order valence-electron chi connectivity index (χ1n) is 9.13. The maximum atomic E-state index is 12.6. The summed E-state index contributed by atoms with van der Waals surface area (Å²) in [5, 5.41) is 14.4. The first-order valence-corrected chi connectivity index (χ1v) is 9.51. The molecular formula is C21H20ClN5O. The Morgan fingerprint density at radius 3 is 2.71 bits per heavy atom. The zero-order chi connectivity index (χ0) is 19.5. The summed E-state index contributed by atoms with van der Waals surface area (Å²) in [5.74, 6) is -0.146. The first kappa shape index (κ1) is 18.3. The van der Waals surface area contributed by atoms with Gasteiger partial charge < -0.3 is 5.32 Å². The van der Waals surface area contributed by atoms with Gasteiger partial charge in [0.15, 0.2) is 0 Å². The van der Waals surface area contributed by atoms with E-state index in [0.717, 1.165) is 0 Å². The molecule has 142 valence electrons. The van der Waals surface area contributed by atoms with Crippen LogP contribution in [0.25, 0.3) is 10.8 Å². The third-order valence-corrected chi connectivity index (χ3v) is 4.89. The van der Waals surface area contributed by atoms with Crippen molar-refractivity contribution >= 4 is 34.0 Å². The quantitative estimate of drug-likeness (QED) is 0.523. The highest BCUT2D eigenvalue weighted by Crippen LogP contribution is 2.20. The van der Waals surface area contributed by atoms with Gasteiger partial charge in [0.2, 0.25) is 5.91 Å². The Morgan fingerprint density at radius 1 is 1.11 bits per heavy atom. The van der Waals surface area contributed by atoms with Gasteiger partial charge in [-0.2, -0.15) is 10.2 Å². The van der Waals surface area contributed by atoms with Gasteiger partial charge in [0.05, 0.1) is 29.6 Å². The molecule has 6 nitrogen and oxygen atoms in total. The van der Waals surface area contributed by atoms with Gasteiger partial charge in [-0.05, 0) is 22.8 Å². The van der Waals surface area contributed by atoms with Crippen molar-refractivity contribution in [2.24, 2.45) is 0 Å². The molecule has 0 saturated carbocycles. The van der Waals surface area contributed by atoms with E-state index in [1.807, 2.05) is 36.0 Å². The Balaban J connectivity index is 1.49. The predicted octanol–water partition coefficient (Wildman–Crippen LogP) is 4.52. The molecule has 0 aliphatic carbocycles. The van der Waals surface area contributed by atoms with Crippen LogP contribution in [-0.4, -0.2) is 25.5 Å². The number of carbonyl (C=O) groups excluding carboxylic acids is 1. The van der Waals surface area contributed by atoms with E-state index < -0.39 is 6.04 Å². The van der Waals surface area contributed by atoms with E-state index in [-0.39, 0.29) is 5.91 Å². The monoisotopic (exact) mass is 393 g/mol. The molecule has 0 aliphatic rings. The van der Waals surface area contributed by atoms with Crippen molar-refractivity contribution in [1.29, 1.82) is 0 Å². The third kappa shape index (κ3) is 3.77. The number of hydrogen-bond acceptors (Lipinski definition) is 3. The Hall–Kier alpha value is -3.12. The second-order valence-electron chi connectivity index (χ2n) is 6.62. The van der Waals surface area contributed by atoms with Gasteiger partial charge in [0.25, 0.3) is 0 Å². The molecule has 1 amide bonds. The summed E-state index contributed by atoms with van der Waals surface area (Å²) in [4.78, 5) is 12.6. The molecule has 28 heavy (non-hydrogen) atoms. The molecule has 0 aliphatic heterocycles. The van der Waals surface area contributed by atoms with Crippen molar-refractivity contribution in [3.05, 3.63) is 77.8 Å². The standard InChI is InChI=1S/C21H20ClN5O/c1-2-20(27-13-17(22)10-24-27)21(28)25-18-11-23-26(14-18)12-16-8-5-7-15-6-3-4-9-19(15)16/h3-11,13-14,20H,2,12H2,1H3,(H,25,28). The summed E-state index contributed by atoms with van der Waals surface area (Å²) in [6.07, 6.45) is 7.28. The molecule has 2 aromatic heterocycles. The highest BCUT2D eigenvalue weighted by atomic mass is 35.5. The van der Waals surface area contributed by atoms with Gasteiger partial charge in [-0.25, -0.2) is 0 Å². The summed E-state index contributed by atoms with van der Waals surface area (Å²) in [6.45, 7) is 2.56. The first-order chi connectivity index (χ1) is 13.6. The lowest BCUT2D eigenvalue weighted by Gasteiger charge is -2.14. The molecule has 0 saturated heterocycles. The van der Waals surface area contributed by atoms with E-state index >= 15 is 0 Å². The zero-order valence-corrected chi connectivity index (χ0v) is 16.2. The maximum absolute atomic E-state index is 12.6. The van der Waals surface area contributed by atoms with Crippen LogP contribution in [-0.2, 0) is 11.3 Å². The minimum atomic E-state index is -0.422. The van der Waals surface area contributed by atoms with Crippen LogP contribution in [0, 0.1) is 0 Å². The lowest BCUT2D eigenvalue weighted by atomic mass is 10.0. The van der Waals surface area contributed by atoms with E-state index in [9.17, 15) is 4.79 Å². The van der Waals surface area contributed by atoms with Crippen LogP contribution >= 0.6 is 11.6 Å². The third-order valence-electron chi connectivity index (χ3n) is 4.69. The van der Waals surface area contributed by atoms with Crippen LogP contribution in [0.15, 0.2) is 67.3 Å². The molecule has 7 heteroatoms. The van der Waals surface area contributed by atoms with Gasteiger partial charge >= 0.3 is 0 Å². The normalized spacial score (nSPS) is 12.2. The number of carbonyl (C=O) groups is 1. The van der Waals surface area contributed by atoms with Crippen LogP contribution in [0.3, 0.4) is 0 Å². The highest BCUT2D eigenvalue weighted by Gasteiger charge is 2.20. The Bertz CT molecular complexity index is 1110. The summed E-state index contributed by atoms with van der Waals surface area (Å²) in [7, 11) is 0. The van der Waals surface area contributed by atoms with Crippen molar-refractivity contribution in [2.45, 2.75) is 25.9 Å². The Morgan fingerprint density at radius 2 is 1.93 bits per heavy atom. The van der Waals surface area contributed by atoms with Crippen molar-refractivity contribution < 1.29 is 4.79 Å². The second kappa shape index (κ2) is 7.86. The van der Waals surface area contributed by atoms with Gasteiger partial charge in [0, 0.05) is 12.4 Å². The predicted molar refractivity (Wildman–Crippen MR) is 110 cm³/mol. The average Bonchev–Trinajstić information content (AvgIpc) is 3.32. The number of halogens is 1. The van der Waals surface area contributed by atoms with Crippen molar-refractivity contribution in [2.75, 3.05) is 5.32 Å². The molecule has 1 atom stereocenters. The van der Waals surface area contributed by atoms with Gasteiger partial charge in [-0.3, -0.25) is 14.2 Å². The molecule has 4 rings (SSSR count). The summed E-state index contributed by atoms with van der Waals surface area (Å²) in [5.41, 5.74) is 1.83. The molecule has 2 aromatic carbocycles. The van der Waals surface area contributed by atoms with E-state index in [1.165, 1.54) is 22.5 Å². The topological polar surface area (TPSA) is 64.7 Å². The number of nitrogens with one attached hydrogen (secondary N) is 1. The van der Waals surface area contributed by atoms with E-state index in [2.05, 4.69) is 39.8 Å². The minimum Gasteiger partial charge on any atom is -0.322 e. The number of rotatable bonds is 6. The summed E-state index contributed by atoms with van der Waals surface area (Å²) < 4.78 is 3.40. The van der Waals surface area contributed by atoms with Crippen LogP contribution in [0.5, 0.6) is 0 Å². The van der Waals surface area contributed by atoms with E-state index in [0.29, 0.717) is 23.7 Å². The number of aromatic nitrogens is 4. The summed E-state index contributed by atoms with van der Waals surface area (Å²) in [6, 6.07) is 14.1. The minimum absolute atomic E-state index is 0.146. The molecule has 1 unspecified atom stereocenters. The van der Waals surface area contributed by atoms with Crippen molar-refractivity contribution in [3.8, 4) is 0 Å². The van der Waals surface area contributed by atoms with Crippen molar-refractivity contribution in [1.82, 2.24) is 19.6 Å².